The second kappa shape index (κ2) is 8.39. The number of nitrogens with two attached hydrogens (primary N) is 2. The molecule has 0 aliphatic heterocycles. The van der Waals surface area contributed by atoms with Gasteiger partial charge < -0.3 is 25.8 Å². The highest BCUT2D eigenvalue weighted by molar-refractivity contribution is 5.85. The van der Waals surface area contributed by atoms with Crippen molar-refractivity contribution in [2.45, 2.75) is 44.7 Å². The van der Waals surface area contributed by atoms with Gasteiger partial charge in [-0.25, -0.2) is 4.98 Å². The topological polar surface area (TPSA) is 121 Å². The van der Waals surface area contributed by atoms with Crippen molar-refractivity contribution >= 4 is 22.9 Å². The maximum absolute atomic E-state index is 6.08. The molecule has 0 saturated heterocycles. The molecule has 0 atom stereocenters. The fraction of sp³-hybridized carbons (Fsp3) is 0.348. The molecule has 1 aromatic carbocycles. The minimum atomic E-state index is 0.251. The summed E-state index contributed by atoms with van der Waals surface area (Å²) < 4.78 is 7.71. The highest BCUT2D eigenvalue weighted by Gasteiger charge is 2.25. The molecule has 3 heterocycles. The largest absolute Gasteiger partial charge is 0.464 e. The zero-order valence-electron chi connectivity index (χ0n) is 17.4. The molecule has 0 amide bonds. The maximum Gasteiger partial charge on any atom is 0.224 e. The molecule has 3 aromatic heterocycles. The van der Waals surface area contributed by atoms with Crippen LogP contribution in [0.3, 0.4) is 0 Å². The Hall–Kier alpha value is -3.39. The van der Waals surface area contributed by atoms with Crippen molar-refractivity contribution < 1.29 is 4.42 Å². The van der Waals surface area contributed by atoms with Gasteiger partial charge in [0, 0.05) is 24.6 Å². The maximum atomic E-state index is 6.08. The van der Waals surface area contributed by atoms with Gasteiger partial charge in [0.05, 0.1) is 6.26 Å². The van der Waals surface area contributed by atoms with Crippen LogP contribution in [-0.4, -0.2) is 26.1 Å². The van der Waals surface area contributed by atoms with Gasteiger partial charge >= 0.3 is 0 Å². The van der Waals surface area contributed by atoms with E-state index in [0.29, 0.717) is 31.4 Å². The monoisotopic (exact) mass is 417 g/mol. The van der Waals surface area contributed by atoms with Crippen LogP contribution in [0.1, 0.15) is 43.1 Å². The van der Waals surface area contributed by atoms with Gasteiger partial charge in [0.15, 0.2) is 17.0 Å². The van der Waals surface area contributed by atoms with Crippen LogP contribution in [0.2, 0.25) is 0 Å². The zero-order valence-corrected chi connectivity index (χ0v) is 17.4. The Labute approximate surface area is 180 Å². The molecule has 1 saturated carbocycles. The first-order valence-corrected chi connectivity index (χ1v) is 10.8. The predicted octanol–water partition coefficient (Wildman–Crippen LogP) is 3.90. The molecule has 0 bridgehead atoms. The lowest BCUT2D eigenvalue weighted by molar-refractivity contribution is 0.507. The molecule has 5 N–H and O–H groups in total. The smallest absolute Gasteiger partial charge is 0.224 e. The van der Waals surface area contributed by atoms with E-state index < -0.39 is 0 Å². The van der Waals surface area contributed by atoms with E-state index in [4.69, 9.17) is 20.9 Å². The van der Waals surface area contributed by atoms with Gasteiger partial charge in [-0.2, -0.15) is 9.97 Å². The molecule has 5 rings (SSSR count). The second-order valence-electron chi connectivity index (χ2n) is 8.01. The van der Waals surface area contributed by atoms with Gasteiger partial charge in [-0.3, -0.25) is 0 Å². The van der Waals surface area contributed by atoms with Crippen molar-refractivity contribution in [3.8, 4) is 11.3 Å². The number of rotatable bonds is 7. The molecule has 1 aliphatic carbocycles. The Kier molecular flexibility index (Phi) is 5.30. The van der Waals surface area contributed by atoms with Crippen LogP contribution >= 0.6 is 0 Å². The number of imidazole rings is 1. The number of benzene rings is 1. The first kappa shape index (κ1) is 19.6. The summed E-state index contributed by atoms with van der Waals surface area (Å²) in [7, 11) is 0. The fourth-order valence-electron chi connectivity index (χ4n) is 4.43. The summed E-state index contributed by atoms with van der Waals surface area (Å²) in [6.07, 6.45) is 7.12. The number of furan rings is 1. The number of anilines is 2. The summed E-state index contributed by atoms with van der Waals surface area (Å²) in [5.74, 6) is 2.74. The second-order valence-corrected chi connectivity index (χ2v) is 8.01. The van der Waals surface area contributed by atoms with Crippen LogP contribution in [0, 0.1) is 0 Å². The van der Waals surface area contributed by atoms with Crippen LogP contribution < -0.4 is 16.8 Å². The Morgan fingerprint density at radius 2 is 1.87 bits per heavy atom. The lowest BCUT2D eigenvalue weighted by Crippen LogP contribution is -2.14. The number of nitrogens with zero attached hydrogens (tertiary/aromatic N) is 4. The van der Waals surface area contributed by atoms with E-state index >= 15 is 0 Å². The van der Waals surface area contributed by atoms with Gasteiger partial charge in [0.2, 0.25) is 5.95 Å². The lowest BCUT2D eigenvalue weighted by Gasteiger charge is -2.15. The summed E-state index contributed by atoms with van der Waals surface area (Å²) >= 11 is 0. The highest BCUT2D eigenvalue weighted by atomic mass is 16.3. The Bertz CT molecular complexity index is 1160. The number of nitrogen functional groups attached to an aromatic ring is 1. The molecule has 0 spiro atoms. The summed E-state index contributed by atoms with van der Waals surface area (Å²) in [5, 5.41) is 3.41. The predicted molar refractivity (Wildman–Crippen MR) is 121 cm³/mol. The van der Waals surface area contributed by atoms with Crippen LogP contribution in [0.15, 0.2) is 47.1 Å². The van der Waals surface area contributed by atoms with Gasteiger partial charge in [0.1, 0.15) is 11.6 Å². The first-order valence-electron chi connectivity index (χ1n) is 10.8. The van der Waals surface area contributed by atoms with Crippen molar-refractivity contribution in [1.29, 1.82) is 0 Å². The van der Waals surface area contributed by atoms with E-state index in [2.05, 4.69) is 32.0 Å². The molecular weight excluding hydrogens is 390 g/mol. The summed E-state index contributed by atoms with van der Waals surface area (Å²) in [4.78, 5) is 13.9. The zero-order chi connectivity index (χ0) is 21.2. The molecule has 4 aromatic rings. The third-order valence-electron chi connectivity index (χ3n) is 5.91. The molecule has 160 valence electrons. The number of hydrogen-bond donors (Lipinski definition) is 3. The summed E-state index contributed by atoms with van der Waals surface area (Å²) in [6, 6.07) is 12.5. The molecule has 0 radical (unpaired) electrons. The van der Waals surface area contributed by atoms with Crippen molar-refractivity contribution in [2.75, 3.05) is 17.6 Å². The molecule has 8 heteroatoms. The average Bonchev–Trinajstić information content (AvgIpc) is 3.53. The summed E-state index contributed by atoms with van der Waals surface area (Å²) in [6.45, 7) is 1.15. The molecule has 31 heavy (non-hydrogen) atoms. The Morgan fingerprint density at radius 3 is 2.58 bits per heavy atom. The van der Waals surface area contributed by atoms with Crippen molar-refractivity contribution in [1.82, 2.24) is 19.5 Å². The van der Waals surface area contributed by atoms with E-state index in [9.17, 15) is 0 Å². The molecule has 1 aliphatic rings. The number of nitrogens with one attached hydrogen (secondary N) is 1. The minimum Gasteiger partial charge on any atom is -0.464 e. The van der Waals surface area contributed by atoms with Crippen molar-refractivity contribution in [3.05, 3.63) is 54.0 Å². The van der Waals surface area contributed by atoms with E-state index in [1.807, 2.05) is 24.3 Å². The standard InChI is InChI=1S/C23H27N7O/c24-12-11-19-27-20-21(28-23(25)29-22(20)30(19)17-4-1-2-5-17)26-14-15-7-9-16(10-8-15)18-6-3-13-31-18/h3,6-10,13,17H,1-2,4-5,11-12,14,24H2,(H3,25,26,28,29). The molecule has 0 unspecified atom stereocenters. The molecule has 8 nitrogen and oxygen atoms in total. The number of fused-ring (bicyclic) bond motifs is 1. The van der Waals surface area contributed by atoms with E-state index in [0.717, 1.165) is 46.7 Å². The molecular formula is C23H27N7O. The Morgan fingerprint density at radius 1 is 1.06 bits per heavy atom. The third kappa shape index (κ3) is 3.86. The van der Waals surface area contributed by atoms with Crippen molar-refractivity contribution in [2.24, 2.45) is 5.73 Å². The fourth-order valence-corrected chi connectivity index (χ4v) is 4.43. The Balaban J connectivity index is 1.43. The third-order valence-corrected chi connectivity index (χ3v) is 5.91. The highest BCUT2D eigenvalue weighted by Crippen LogP contribution is 2.35. The lowest BCUT2D eigenvalue weighted by atomic mass is 10.1. The van der Waals surface area contributed by atoms with Crippen LogP contribution in [-0.2, 0) is 13.0 Å². The first-order chi connectivity index (χ1) is 15.2. The van der Waals surface area contributed by atoms with Crippen LogP contribution in [0.25, 0.3) is 22.5 Å². The van der Waals surface area contributed by atoms with Gasteiger partial charge in [-0.05, 0) is 37.1 Å². The minimum absolute atomic E-state index is 0.251. The van der Waals surface area contributed by atoms with E-state index in [1.54, 1.807) is 6.26 Å². The normalized spacial score (nSPS) is 14.5. The van der Waals surface area contributed by atoms with E-state index in [-0.39, 0.29) is 5.95 Å². The van der Waals surface area contributed by atoms with Gasteiger partial charge in [0.25, 0.3) is 0 Å². The SMILES string of the molecule is NCCc1nc2c(NCc3ccc(-c4ccco4)cc3)nc(N)nc2n1C1CCCC1. The average molecular weight is 418 g/mol. The molecule has 1 fully saturated rings. The summed E-state index contributed by atoms with van der Waals surface area (Å²) in [5.41, 5.74) is 15.7. The van der Waals surface area contributed by atoms with Crippen LogP contribution in [0.5, 0.6) is 0 Å². The number of hydrogen-bond acceptors (Lipinski definition) is 7. The van der Waals surface area contributed by atoms with E-state index in [1.165, 1.54) is 12.8 Å². The quantitative estimate of drug-likeness (QED) is 0.417. The number of aromatic nitrogens is 4. The van der Waals surface area contributed by atoms with Gasteiger partial charge in [-0.1, -0.05) is 37.1 Å². The van der Waals surface area contributed by atoms with Gasteiger partial charge in [-0.15, -0.1) is 0 Å². The van der Waals surface area contributed by atoms with Crippen molar-refractivity contribution in [3.63, 3.8) is 0 Å². The van der Waals surface area contributed by atoms with Crippen LogP contribution in [0.4, 0.5) is 11.8 Å².